The third-order valence-electron chi connectivity index (χ3n) is 4.36. The van der Waals surface area contributed by atoms with Crippen molar-refractivity contribution in [2.45, 2.75) is 48.1 Å². The van der Waals surface area contributed by atoms with Crippen LogP contribution in [-0.4, -0.2) is 15.9 Å². The van der Waals surface area contributed by atoms with Crippen molar-refractivity contribution >= 4 is 11.7 Å². The Bertz CT molecular complexity index is 1130. The Balaban J connectivity index is 0.00000145. The van der Waals surface area contributed by atoms with Crippen LogP contribution in [0.3, 0.4) is 0 Å². The summed E-state index contributed by atoms with van der Waals surface area (Å²) in [5.74, 6) is 0.975. The summed E-state index contributed by atoms with van der Waals surface area (Å²) in [4.78, 5) is 20.7. The van der Waals surface area contributed by atoms with E-state index in [0.717, 1.165) is 6.20 Å². The van der Waals surface area contributed by atoms with E-state index in [0.29, 0.717) is 39.7 Å². The first-order chi connectivity index (χ1) is 17.0. The number of benzene rings is 1. The number of carbonyl (C=O) groups excluding carboxylic acids is 1. The fraction of sp³-hybridized carbons (Fsp3) is 0.250. The van der Waals surface area contributed by atoms with Crippen LogP contribution in [0.5, 0.6) is 11.5 Å². The molecular weight excluding hydrogens is 443 g/mol. The monoisotopic (exact) mass is 478 g/mol. The number of rotatable bonds is 8. The minimum absolute atomic E-state index is 0.170. The average molecular weight is 479 g/mol. The fourth-order valence-corrected chi connectivity index (χ4v) is 2.88. The Kier molecular flexibility index (Phi) is 13.1. The number of aromatic nitrogens is 2. The molecule has 0 aliphatic rings. The van der Waals surface area contributed by atoms with Crippen LogP contribution in [0.1, 0.15) is 56.1 Å². The van der Waals surface area contributed by atoms with E-state index < -0.39 is 5.82 Å². The fourth-order valence-electron chi connectivity index (χ4n) is 2.88. The summed E-state index contributed by atoms with van der Waals surface area (Å²) in [5, 5.41) is 5.86. The number of halogens is 1. The Morgan fingerprint density at radius 3 is 2.57 bits per heavy atom. The number of allylic oxidation sites excluding steroid dienone is 2. The van der Waals surface area contributed by atoms with E-state index in [1.54, 1.807) is 36.5 Å². The quantitative estimate of drug-likeness (QED) is 0.335. The summed E-state index contributed by atoms with van der Waals surface area (Å²) in [5.41, 5.74) is 2.43. The molecule has 0 aliphatic carbocycles. The number of ether oxygens (including phenoxy) is 1. The summed E-state index contributed by atoms with van der Waals surface area (Å²) in [6, 6.07) is 10.1. The van der Waals surface area contributed by atoms with Gasteiger partial charge in [-0.3, -0.25) is 9.78 Å². The molecule has 7 heteroatoms. The second-order valence-corrected chi connectivity index (χ2v) is 6.75. The van der Waals surface area contributed by atoms with Gasteiger partial charge in [-0.25, -0.2) is 9.37 Å². The van der Waals surface area contributed by atoms with Gasteiger partial charge >= 0.3 is 0 Å². The second-order valence-electron chi connectivity index (χ2n) is 6.75. The van der Waals surface area contributed by atoms with E-state index in [-0.39, 0.29) is 12.5 Å². The number of anilines is 1. The summed E-state index contributed by atoms with van der Waals surface area (Å²) in [6.45, 7) is 15.8. The lowest BCUT2D eigenvalue weighted by atomic mass is 10.1. The van der Waals surface area contributed by atoms with E-state index in [1.807, 2.05) is 53.7 Å². The Hall–Kier alpha value is -4.00. The molecule has 1 amide bonds. The highest BCUT2D eigenvalue weighted by molar-refractivity contribution is 5.96. The number of nitrogens with zero attached hydrogens (tertiary/aromatic N) is 2. The van der Waals surface area contributed by atoms with Gasteiger partial charge in [0.2, 0.25) is 0 Å². The van der Waals surface area contributed by atoms with Crippen LogP contribution in [0.2, 0.25) is 0 Å². The number of hydrogen-bond acceptors (Lipinski definition) is 5. The second kappa shape index (κ2) is 15.8. The van der Waals surface area contributed by atoms with Gasteiger partial charge in [-0.15, -0.1) is 0 Å². The lowest BCUT2D eigenvalue weighted by Gasteiger charge is -2.13. The maximum absolute atomic E-state index is 13.3. The van der Waals surface area contributed by atoms with Crippen molar-refractivity contribution in [3.63, 3.8) is 0 Å². The Morgan fingerprint density at radius 1 is 1.14 bits per heavy atom. The van der Waals surface area contributed by atoms with Crippen LogP contribution in [0.15, 0.2) is 79.4 Å². The molecule has 0 radical (unpaired) electrons. The van der Waals surface area contributed by atoms with Gasteiger partial charge in [-0.1, -0.05) is 46.4 Å². The molecule has 0 bridgehead atoms. The molecule has 0 saturated heterocycles. The maximum Gasteiger partial charge on any atom is 0.251 e. The molecule has 35 heavy (non-hydrogen) atoms. The minimum atomic E-state index is -0.446. The zero-order valence-electron chi connectivity index (χ0n) is 21.4. The molecule has 0 unspecified atom stereocenters. The third kappa shape index (κ3) is 9.41. The first-order valence-corrected chi connectivity index (χ1v) is 11.7. The first kappa shape index (κ1) is 29.0. The molecule has 2 heterocycles. The van der Waals surface area contributed by atoms with E-state index in [1.165, 1.54) is 12.3 Å². The zero-order valence-corrected chi connectivity index (χ0v) is 21.4. The normalized spacial score (nSPS) is 9.80. The van der Waals surface area contributed by atoms with E-state index in [2.05, 4.69) is 27.2 Å². The molecule has 1 aromatic carbocycles. The molecule has 0 atom stereocenters. The van der Waals surface area contributed by atoms with Crippen molar-refractivity contribution in [2.24, 2.45) is 0 Å². The number of hydrogen-bond donors (Lipinski definition) is 2. The number of amides is 1. The van der Waals surface area contributed by atoms with Gasteiger partial charge in [0.15, 0.2) is 0 Å². The lowest BCUT2D eigenvalue weighted by molar-refractivity contribution is 0.0950. The van der Waals surface area contributed by atoms with Crippen LogP contribution in [0, 0.1) is 12.7 Å². The first-order valence-electron chi connectivity index (χ1n) is 11.7. The average Bonchev–Trinajstić information content (AvgIpc) is 2.87. The van der Waals surface area contributed by atoms with Crippen molar-refractivity contribution in [1.82, 2.24) is 15.3 Å². The highest BCUT2D eigenvalue weighted by atomic mass is 19.1. The summed E-state index contributed by atoms with van der Waals surface area (Å²) >= 11 is 0. The summed E-state index contributed by atoms with van der Waals surface area (Å²) in [6.07, 6.45) is 7.96. The number of carbonyl (C=O) groups is 1. The molecule has 0 fully saturated rings. The standard InChI is InChI=1S/C24H23FN4O2.2C2H6/c1-4-6-16(2)29-23-12-20(9-10-27-23)31-22-8-5-7-21(17(22)3)24(30)28-14-18-11-19(25)15-26-13-18;2*1-2/h4-13,15H,2,14H2,1,3H3,(H,27,29)(H,28,30);2*1-2H3/b6-4-;;. The van der Waals surface area contributed by atoms with Crippen LogP contribution < -0.4 is 15.4 Å². The Morgan fingerprint density at radius 2 is 1.89 bits per heavy atom. The van der Waals surface area contributed by atoms with Gasteiger partial charge in [-0.2, -0.15) is 0 Å². The molecule has 6 nitrogen and oxygen atoms in total. The molecule has 2 N–H and O–H groups in total. The molecule has 186 valence electrons. The van der Waals surface area contributed by atoms with Crippen molar-refractivity contribution in [2.75, 3.05) is 5.32 Å². The summed E-state index contributed by atoms with van der Waals surface area (Å²) < 4.78 is 19.3. The largest absolute Gasteiger partial charge is 0.457 e. The van der Waals surface area contributed by atoms with E-state index in [9.17, 15) is 9.18 Å². The topological polar surface area (TPSA) is 76.1 Å². The van der Waals surface area contributed by atoms with Crippen LogP contribution in [0.25, 0.3) is 0 Å². The maximum atomic E-state index is 13.3. The number of nitrogens with one attached hydrogen (secondary N) is 2. The molecule has 3 aromatic rings. The van der Waals surface area contributed by atoms with Crippen molar-refractivity contribution < 1.29 is 13.9 Å². The third-order valence-corrected chi connectivity index (χ3v) is 4.36. The van der Waals surface area contributed by atoms with Gasteiger partial charge in [0.05, 0.1) is 6.20 Å². The SMILES string of the molecule is C=C(/C=C\C)Nc1cc(Oc2cccc(C(=O)NCc3cncc(F)c3)c2C)ccn1.CC.CC. The van der Waals surface area contributed by atoms with Gasteiger partial charge in [0.25, 0.3) is 5.91 Å². The molecule has 0 saturated carbocycles. The zero-order chi connectivity index (χ0) is 26.2. The van der Waals surface area contributed by atoms with Crippen molar-refractivity contribution in [3.05, 3.63) is 102 Å². The predicted molar refractivity (Wildman–Crippen MR) is 141 cm³/mol. The molecular formula is C28H35FN4O2. The van der Waals surface area contributed by atoms with Crippen molar-refractivity contribution in [3.8, 4) is 11.5 Å². The highest BCUT2D eigenvalue weighted by Crippen LogP contribution is 2.28. The van der Waals surface area contributed by atoms with Gasteiger partial charge in [-0.05, 0) is 49.8 Å². The van der Waals surface area contributed by atoms with Gasteiger partial charge in [0, 0.05) is 41.8 Å². The van der Waals surface area contributed by atoms with Crippen LogP contribution in [0.4, 0.5) is 10.2 Å². The van der Waals surface area contributed by atoms with Gasteiger partial charge in [0.1, 0.15) is 23.1 Å². The highest BCUT2D eigenvalue weighted by Gasteiger charge is 2.13. The van der Waals surface area contributed by atoms with Crippen molar-refractivity contribution in [1.29, 1.82) is 0 Å². The minimum Gasteiger partial charge on any atom is -0.457 e. The van der Waals surface area contributed by atoms with E-state index in [4.69, 9.17) is 4.74 Å². The van der Waals surface area contributed by atoms with E-state index >= 15 is 0 Å². The lowest BCUT2D eigenvalue weighted by Crippen LogP contribution is -2.23. The smallest absolute Gasteiger partial charge is 0.251 e. The molecule has 0 spiro atoms. The Labute approximate surface area is 208 Å². The predicted octanol–water partition coefficient (Wildman–Crippen LogP) is 7.20. The molecule has 0 aliphatic heterocycles. The number of pyridine rings is 2. The van der Waals surface area contributed by atoms with Crippen LogP contribution >= 0.6 is 0 Å². The molecule has 3 rings (SSSR count). The summed E-state index contributed by atoms with van der Waals surface area (Å²) in [7, 11) is 0. The van der Waals surface area contributed by atoms with Crippen LogP contribution in [-0.2, 0) is 6.54 Å². The molecule has 2 aromatic heterocycles. The van der Waals surface area contributed by atoms with Gasteiger partial charge < -0.3 is 15.4 Å².